The molecule has 0 saturated heterocycles. The standard InChI is InChI=1S/C50H29N3O/c1-2-13-30(14-3-1)47-51-48(31-25-26-36-35-18-7-11-24-44(35)54-45(36)29-31)53-49(52-47)39-28-27-38-34-17-6-10-22-42(34)50(43-23-12-19-37(39)46(38)43)40-20-8-4-15-32(40)33-16-5-9-21-41(33)50/h1-29H. The van der Waals surface area contributed by atoms with Crippen molar-refractivity contribution in [3.05, 3.63) is 198 Å². The summed E-state index contributed by atoms with van der Waals surface area (Å²) in [6.07, 6.45) is 0. The van der Waals surface area contributed by atoms with Gasteiger partial charge < -0.3 is 4.42 Å². The molecule has 250 valence electrons. The SMILES string of the molecule is c1ccc(-c2nc(-c3ccc4c(c3)oc3ccccc34)nc(-c3ccc4c5c(cccc35)C3(c5ccccc5-c5ccccc53)c3ccccc3-4)n2)cc1. The molecule has 0 unspecified atom stereocenters. The van der Waals surface area contributed by atoms with Crippen LogP contribution in [-0.2, 0) is 5.41 Å². The van der Waals surface area contributed by atoms with Gasteiger partial charge in [-0.05, 0) is 79.5 Å². The van der Waals surface area contributed by atoms with Gasteiger partial charge in [-0.1, -0.05) is 152 Å². The fraction of sp³-hybridized carbons (Fsp3) is 0.0200. The molecular formula is C50H29N3O. The first-order chi connectivity index (χ1) is 26.8. The van der Waals surface area contributed by atoms with Crippen molar-refractivity contribution in [1.29, 1.82) is 0 Å². The number of hydrogen-bond acceptors (Lipinski definition) is 4. The Balaban J connectivity index is 1.14. The van der Waals surface area contributed by atoms with E-state index in [0.29, 0.717) is 17.5 Å². The number of fused-ring (bicyclic) bond motifs is 12. The topological polar surface area (TPSA) is 51.8 Å². The highest BCUT2D eigenvalue weighted by molar-refractivity contribution is 6.11. The molecule has 4 nitrogen and oxygen atoms in total. The number of rotatable bonds is 3. The molecule has 2 heterocycles. The van der Waals surface area contributed by atoms with Gasteiger partial charge in [-0.25, -0.2) is 15.0 Å². The number of furan rings is 1. The molecule has 0 bridgehead atoms. The second kappa shape index (κ2) is 10.9. The summed E-state index contributed by atoms with van der Waals surface area (Å²) < 4.78 is 6.30. The molecule has 54 heavy (non-hydrogen) atoms. The molecule has 0 fully saturated rings. The van der Waals surface area contributed by atoms with Crippen molar-refractivity contribution < 1.29 is 4.42 Å². The predicted octanol–water partition coefficient (Wildman–Crippen LogP) is 12.3. The summed E-state index contributed by atoms with van der Waals surface area (Å²) in [5, 5.41) is 4.51. The predicted molar refractivity (Wildman–Crippen MR) is 217 cm³/mol. The van der Waals surface area contributed by atoms with E-state index in [1.165, 1.54) is 49.9 Å². The van der Waals surface area contributed by atoms with Crippen LogP contribution in [-0.4, -0.2) is 15.0 Å². The molecule has 4 heteroatoms. The molecular weight excluding hydrogens is 659 g/mol. The van der Waals surface area contributed by atoms with Crippen LogP contribution >= 0.6 is 0 Å². The summed E-state index contributed by atoms with van der Waals surface area (Å²) >= 11 is 0. The molecule has 1 spiro atoms. The lowest BCUT2D eigenvalue weighted by molar-refractivity contribution is 0.669. The maximum absolute atomic E-state index is 6.30. The Morgan fingerprint density at radius 1 is 0.333 bits per heavy atom. The molecule has 10 aromatic rings. The van der Waals surface area contributed by atoms with E-state index in [0.717, 1.165) is 44.0 Å². The highest BCUT2D eigenvalue weighted by Crippen LogP contribution is 2.62. The first-order valence-corrected chi connectivity index (χ1v) is 18.4. The average Bonchev–Trinajstić information content (AvgIpc) is 3.76. The van der Waals surface area contributed by atoms with Crippen LogP contribution < -0.4 is 0 Å². The third-order valence-corrected chi connectivity index (χ3v) is 11.6. The molecule has 0 amide bonds. The first-order valence-electron chi connectivity index (χ1n) is 18.4. The number of nitrogens with zero attached hydrogens (tertiary/aromatic N) is 3. The Morgan fingerprint density at radius 3 is 1.61 bits per heavy atom. The zero-order valence-corrected chi connectivity index (χ0v) is 29.0. The van der Waals surface area contributed by atoms with E-state index < -0.39 is 5.41 Å². The lowest BCUT2D eigenvalue weighted by Gasteiger charge is -2.40. The fourth-order valence-electron chi connectivity index (χ4n) is 9.35. The van der Waals surface area contributed by atoms with Crippen LogP contribution in [0.2, 0.25) is 0 Å². The van der Waals surface area contributed by atoms with Crippen molar-refractivity contribution in [2.45, 2.75) is 5.41 Å². The lowest BCUT2D eigenvalue weighted by atomic mass is 9.61. The summed E-state index contributed by atoms with van der Waals surface area (Å²) in [7, 11) is 0. The van der Waals surface area contributed by atoms with E-state index in [-0.39, 0.29) is 0 Å². The summed E-state index contributed by atoms with van der Waals surface area (Å²) in [6.45, 7) is 0. The van der Waals surface area contributed by atoms with Gasteiger partial charge in [0.05, 0.1) is 5.41 Å². The number of hydrogen-bond donors (Lipinski definition) is 0. The van der Waals surface area contributed by atoms with E-state index >= 15 is 0 Å². The number of para-hydroxylation sites is 1. The summed E-state index contributed by atoms with van der Waals surface area (Å²) in [6, 6.07) is 62.6. The second-order valence-electron chi connectivity index (χ2n) is 14.3. The Bertz CT molecular complexity index is 3130. The monoisotopic (exact) mass is 687 g/mol. The number of benzene rings is 8. The van der Waals surface area contributed by atoms with E-state index in [4.69, 9.17) is 19.4 Å². The van der Waals surface area contributed by atoms with Crippen LogP contribution in [0.3, 0.4) is 0 Å². The molecule has 0 radical (unpaired) electrons. The van der Waals surface area contributed by atoms with Crippen molar-refractivity contribution in [3.63, 3.8) is 0 Å². The normalized spacial score (nSPS) is 13.3. The summed E-state index contributed by atoms with van der Waals surface area (Å²) in [5.74, 6) is 1.86. The minimum Gasteiger partial charge on any atom is -0.456 e. The maximum Gasteiger partial charge on any atom is 0.164 e. The Labute approximate surface area is 311 Å². The van der Waals surface area contributed by atoms with Crippen LogP contribution in [0, 0.1) is 0 Å². The molecule has 0 saturated carbocycles. The van der Waals surface area contributed by atoms with Crippen LogP contribution in [0.4, 0.5) is 0 Å². The largest absolute Gasteiger partial charge is 0.456 e. The second-order valence-corrected chi connectivity index (χ2v) is 14.3. The van der Waals surface area contributed by atoms with Crippen LogP contribution in [0.25, 0.3) is 89.1 Å². The average molecular weight is 688 g/mol. The Kier molecular flexibility index (Phi) is 5.95. The molecule has 0 N–H and O–H groups in total. The minimum absolute atomic E-state index is 0.476. The van der Waals surface area contributed by atoms with Gasteiger partial charge in [0, 0.05) is 27.5 Å². The maximum atomic E-state index is 6.30. The highest BCUT2D eigenvalue weighted by atomic mass is 16.3. The van der Waals surface area contributed by atoms with Crippen molar-refractivity contribution in [1.82, 2.24) is 15.0 Å². The van der Waals surface area contributed by atoms with Crippen molar-refractivity contribution in [2.75, 3.05) is 0 Å². The van der Waals surface area contributed by atoms with Gasteiger partial charge in [-0.3, -0.25) is 0 Å². The van der Waals surface area contributed by atoms with Gasteiger partial charge in [0.15, 0.2) is 17.5 Å². The molecule has 0 atom stereocenters. The summed E-state index contributed by atoms with van der Waals surface area (Å²) in [4.78, 5) is 15.5. The van der Waals surface area contributed by atoms with E-state index in [9.17, 15) is 0 Å². The van der Waals surface area contributed by atoms with Crippen LogP contribution in [0.15, 0.2) is 180 Å². The molecule has 2 aliphatic carbocycles. The highest BCUT2D eigenvalue weighted by Gasteiger charge is 2.49. The third-order valence-electron chi connectivity index (χ3n) is 11.6. The van der Waals surface area contributed by atoms with Crippen molar-refractivity contribution >= 4 is 32.7 Å². The third kappa shape index (κ3) is 3.89. The smallest absolute Gasteiger partial charge is 0.164 e. The zero-order valence-electron chi connectivity index (χ0n) is 29.0. The van der Waals surface area contributed by atoms with Crippen molar-refractivity contribution in [2.24, 2.45) is 0 Å². The quantitative estimate of drug-likeness (QED) is 0.185. The van der Waals surface area contributed by atoms with E-state index in [2.05, 4.69) is 140 Å². The van der Waals surface area contributed by atoms with Gasteiger partial charge in [0.25, 0.3) is 0 Å². The van der Waals surface area contributed by atoms with Gasteiger partial charge >= 0.3 is 0 Å². The van der Waals surface area contributed by atoms with Crippen LogP contribution in [0.5, 0.6) is 0 Å². The van der Waals surface area contributed by atoms with E-state index in [1.807, 2.05) is 36.4 Å². The van der Waals surface area contributed by atoms with Gasteiger partial charge in [-0.15, -0.1) is 0 Å². The zero-order chi connectivity index (χ0) is 35.4. The Hall–Kier alpha value is -7.17. The van der Waals surface area contributed by atoms with Crippen molar-refractivity contribution in [3.8, 4) is 56.4 Å². The minimum atomic E-state index is -0.476. The molecule has 12 rings (SSSR count). The van der Waals surface area contributed by atoms with Gasteiger partial charge in [0.1, 0.15) is 11.2 Å². The van der Waals surface area contributed by atoms with Crippen LogP contribution in [0.1, 0.15) is 22.3 Å². The first kappa shape index (κ1) is 29.4. The molecule has 8 aromatic carbocycles. The van der Waals surface area contributed by atoms with Gasteiger partial charge in [0.2, 0.25) is 0 Å². The number of aromatic nitrogens is 3. The molecule has 0 aliphatic heterocycles. The summed E-state index contributed by atoms with van der Waals surface area (Å²) in [5.41, 5.74) is 14.2. The molecule has 2 aromatic heterocycles. The fourth-order valence-corrected chi connectivity index (χ4v) is 9.35. The van der Waals surface area contributed by atoms with E-state index in [1.54, 1.807) is 0 Å². The lowest BCUT2D eigenvalue weighted by Crippen LogP contribution is -2.31. The van der Waals surface area contributed by atoms with Gasteiger partial charge in [-0.2, -0.15) is 0 Å². The Morgan fingerprint density at radius 2 is 0.870 bits per heavy atom. The molecule has 2 aliphatic rings.